The first-order valence-corrected chi connectivity index (χ1v) is 14.0. The fourth-order valence-electron chi connectivity index (χ4n) is 2.96. The Bertz CT molecular complexity index is 1180. The monoisotopic (exact) mass is 593 g/mol. The molecule has 216 valence electrons. The fourth-order valence-corrected chi connectivity index (χ4v) is 4.67. The van der Waals surface area contributed by atoms with Crippen molar-refractivity contribution in [2.75, 3.05) is 7.05 Å². The van der Waals surface area contributed by atoms with Gasteiger partial charge < -0.3 is 9.23 Å². The molecule has 0 fully saturated rings. The molecule has 1 N–H and O–H groups in total. The van der Waals surface area contributed by atoms with Crippen LogP contribution < -0.4 is 4.57 Å². The van der Waals surface area contributed by atoms with E-state index in [1.807, 2.05) is 30.3 Å². The van der Waals surface area contributed by atoms with Gasteiger partial charge >= 0.3 is 11.0 Å². The molecule has 2 aromatic rings. The van der Waals surface area contributed by atoms with E-state index in [-0.39, 0.29) is 6.04 Å². The topological polar surface area (TPSA) is 110 Å². The van der Waals surface area contributed by atoms with Gasteiger partial charge in [-0.1, -0.05) is 43.7 Å². The van der Waals surface area contributed by atoms with Crippen LogP contribution in [-0.4, -0.2) is 50.9 Å². The smallest absolute Gasteiger partial charge is 0.421 e. The Kier molecular flexibility index (Phi) is 12.2. The Morgan fingerprint density at radius 2 is 1.47 bits per heavy atom. The van der Waals surface area contributed by atoms with E-state index in [2.05, 4.69) is 54.9 Å². The minimum absolute atomic E-state index is 0.0571. The average molecular weight is 594 g/mol. The third-order valence-electron chi connectivity index (χ3n) is 5.20. The summed E-state index contributed by atoms with van der Waals surface area (Å²) in [7, 11) is -11.4. The Morgan fingerprint density at radius 3 is 1.95 bits per heavy atom. The number of benzene rings is 1. The number of aromatic nitrogens is 1. The molecule has 0 radical (unpaired) electrons. The molecule has 1 aromatic carbocycles. The summed E-state index contributed by atoms with van der Waals surface area (Å²) in [6.45, 7) is 6.19. The molecule has 0 aliphatic heterocycles. The average Bonchev–Trinajstić information content (AvgIpc) is 2.81. The molecule has 0 spiro atoms. The standard InChI is InChI=1S/C20H29N2O.C2F6NO4S2/c1-4-5-13-22-14-9-10-18(16-22)15-21(3)17(2)20(23)19-11-7-6-8-12-19;3-1(4,5)14(10,11)9-15(12,13)2(6,7)8/h6-12,14,16-17,20,23H,4-5,13,15H2,1-3H3;/q+1;-1/t17-,20+;/m1./s1. The number of pyridine rings is 1. The van der Waals surface area contributed by atoms with Crippen molar-refractivity contribution in [3.8, 4) is 0 Å². The Morgan fingerprint density at radius 1 is 0.947 bits per heavy atom. The summed E-state index contributed by atoms with van der Waals surface area (Å²) in [6, 6.07) is 14.2. The molecule has 38 heavy (non-hydrogen) atoms. The summed E-state index contributed by atoms with van der Waals surface area (Å²) < 4.78 is 111. The van der Waals surface area contributed by atoms with E-state index in [1.54, 1.807) is 0 Å². The van der Waals surface area contributed by atoms with Crippen LogP contribution in [0.1, 0.15) is 43.9 Å². The first-order chi connectivity index (χ1) is 17.3. The molecule has 16 heteroatoms. The maximum absolute atomic E-state index is 11.4. The highest BCUT2D eigenvalue weighted by Crippen LogP contribution is 2.36. The molecule has 0 aliphatic rings. The van der Waals surface area contributed by atoms with Gasteiger partial charge in [-0.05, 0) is 25.6 Å². The number of unbranched alkanes of at least 4 members (excludes halogenated alkanes) is 1. The van der Waals surface area contributed by atoms with E-state index in [0.29, 0.717) is 0 Å². The van der Waals surface area contributed by atoms with Gasteiger partial charge in [-0.2, -0.15) is 26.3 Å². The van der Waals surface area contributed by atoms with Gasteiger partial charge in [0.25, 0.3) is 0 Å². The van der Waals surface area contributed by atoms with Gasteiger partial charge in [-0.3, -0.25) is 4.90 Å². The van der Waals surface area contributed by atoms with Crippen LogP contribution in [0.4, 0.5) is 26.3 Å². The van der Waals surface area contributed by atoms with Crippen molar-refractivity contribution in [1.82, 2.24) is 4.90 Å². The Labute approximate surface area is 218 Å². The highest BCUT2D eigenvalue weighted by atomic mass is 32.3. The quantitative estimate of drug-likeness (QED) is 0.323. The van der Waals surface area contributed by atoms with E-state index >= 15 is 0 Å². The lowest BCUT2D eigenvalue weighted by atomic mass is 10.0. The van der Waals surface area contributed by atoms with E-state index in [1.165, 1.54) is 18.4 Å². The molecule has 1 aromatic heterocycles. The zero-order chi connectivity index (χ0) is 29.4. The van der Waals surface area contributed by atoms with Gasteiger partial charge in [0, 0.05) is 30.6 Å². The van der Waals surface area contributed by atoms with Crippen LogP contribution in [0.5, 0.6) is 0 Å². The maximum atomic E-state index is 11.4. The summed E-state index contributed by atoms with van der Waals surface area (Å²) in [4.78, 5) is 2.21. The summed E-state index contributed by atoms with van der Waals surface area (Å²) in [6.07, 6.45) is 6.27. The van der Waals surface area contributed by atoms with Crippen molar-refractivity contribution in [2.24, 2.45) is 0 Å². The predicted molar refractivity (Wildman–Crippen MR) is 127 cm³/mol. The zero-order valence-electron chi connectivity index (χ0n) is 20.7. The van der Waals surface area contributed by atoms with Gasteiger partial charge in [0.05, 0.1) is 6.10 Å². The van der Waals surface area contributed by atoms with Gasteiger partial charge in [0.2, 0.25) is 0 Å². The molecule has 0 aliphatic carbocycles. The Balaban J connectivity index is 0.000000420. The van der Waals surface area contributed by atoms with Gasteiger partial charge in [0.15, 0.2) is 32.4 Å². The summed E-state index contributed by atoms with van der Waals surface area (Å²) >= 11 is 0. The summed E-state index contributed by atoms with van der Waals surface area (Å²) in [5.74, 6) is 0. The van der Waals surface area contributed by atoms with Crippen molar-refractivity contribution < 1.29 is 52.9 Å². The second-order valence-corrected chi connectivity index (χ2v) is 11.7. The largest absolute Gasteiger partial charge is 0.480 e. The van der Waals surface area contributed by atoms with Crippen molar-refractivity contribution in [1.29, 1.82) is 0 Å². The SMILES string of the molecule is CCCC[n+]1cccc(CN(C)[C@H](C)[C@H](O)c2ccccc2)c1.O=S(=O)([N-]S(=O)(=O)C(F)(F)F)C(F)(F)F. The summed E-state index contributed by atoms with van der Waals surface area (Å²) in [5, 5.41) is 10.6. The van der Waals surface area contributed by atoms with E-state index in [4.69, 9.17) is 0 Å². The number of sulfonamides is 2. The molecule has 0 bridgehead atoms. The van der Waals surface area contributed by atoms with Crippen molar-refractivity contribution in [3.63, 3.8) is 0 Å². The molecule has 1 heterocycles. The van der Waals surface area contributed by atoms with Crippen LogP contribution in [0.25, 0.3) is 4.13 Å². The molecular formula is C22H29F6N3O5S2. The lowest BCUT2D eigenvalue weighted by molar-refractivity contribution is -0.697. The molecule has 0 saturated heterocycles. The minimum atomic E-state index is -6.72. The van der Waals surface area contributed by atoms with Crippen molar-refractivity contribution >= 4 is 20.0 Å². The number of halogens is 6. The lowest BCUT2D eigenvalue weighted by Crippen LogP contribution is -2.36. The maximum Gasteiger partial charge on any atom is 0.480 e. The highest BCUT2D eigenvalue weighted by Gasteiger charge is 2.46. The molecule has 0 saturated carbocycles. The number of aryl methyl sites for hydroxylation is 1. The second-order valence-electron chi connectivity index (χ2n) is 8.23. The van der Waals surface area contributed by atoms with Crippen LogP contribution in [0.2, 0.25) is 0 Å². The van der Waals surface area contributed by atoms with Gasteiger partial charge in [-0.15, -0.1) is 0 Å². The van der Waals surface area contributed by atoms with E-state index < -0.39 is 37.2 Å². The second kappa shape index (κ2) is 13.7. The number of aliphatic hydroxyl groups excluding tert-OH is 1. The number of alkyl halides is 6. The minimum Gasteiger partial charge on any atom is -0.421 e. The number of hydrogen-bond donors (Lipinski definition) is 1. The first kappa shape index (κ1) is 33.8. The van der Waals surface area contributed by atoms with E-state index in [9.17, 15) is 48.3 Å². The van der Waals surface area contributed by atoms with Crippen LogP contribution in [0.15, 0.2) is 54.9 Å². The molecular weight excluding hydrogens is 564 g/mol. The normalized spacial score (nSPS) is 14.5. The molecule has 2 atom stereocenters. The molecule has 2 rings (SSSR count). The number of likely N-dealkylation sites (N-methyl/N-ethyl adjacent to an activating group) is 1. The van der Waals surface area contributed by atoms with Gasteiger partial charge in [0.1, 0.15) is 6.54 Å². The van der Waals surface area contributed by atoms with E-state index in [0.717, 1.165) is 22.8 Å². The fraction of sp³-hybridized carbons (Fsp3) is 0.500. The summed E-state index contributed by atoms with van der Waals surface area (Å²) in [5.41, 5.74) is -10.2. The molecule has 0 unspecified atom stereocenters. The van der Waals surface area contributed by atoms with Crippen LogP contribution in [-0.2, 0) is 33.1 Å². The predicted octanol–water partition coefficient (Wildman–Crippen LogP) is 4.39. The lowest BCUT2D eigenvalue weighted by Gasteiger charge is -2.28. The van der Waals surface area contributed by atoms with Crippen LogP contribution in [0.3, 0.4) is 0 Å². The van der Waals surface area contributed by atoms with Gasteiger partial charge in [-0.25, -0.2) is 21.4 Å². The Hall–Kier alpha value is -2.27. The molecule has 0 amide bonds. The third kappa shape index (κ3) is 10.1. The first-order valence-electron chi connectivity index (χ1n) is 11.1. The zero-order valence-corrected chi connectivity index (χ0v) is 22.3. The van der Waals surface area contributed by atoms with Crippen LogP contribution in [0, 0.1) is 0 Å². The number of aliphatic hydroxyl groups is 1. The number of nitrogens with zero attached hydrogens (tertiary/aromatic N) is 3. The molecule has 8 nitrogen and oxygen atoms in total. The van der Waals surface area contributed by atoms with Crippen LogP contribution >= 0.6 is 0 Å². The highest BCUT2D eigenvalue weighted by molar-refractivity contribution is 8.13. The number of rotatable bonds is 10. The third-order valence-corrected chi connectivity index (χ3v) is 7.94. The van der Waals surface area contributed by atoms with Crippen molar-refractivity contribution in [2.45, 2.75) is 62.9 Å². The number of hydrogen-bond acceptors (Lipinski definition) is 6. The van der Waals surface area contributed by atoms with Crippen molar-refractivity contribution in [3.05, 3.63) is 70.1 Å².